The van der Waals surface area contributed by atoms with Crippen molar-refractivity contribution in [2.45, 2.75) is 0 Å². The summed E-state index contributed by atoms with van der Waals surface area (Å²) in [4.78, 5) is 0. The fraction of sp³-hybridized carbons (Fsp3) is 0. The van der Waals surface area contributed by atoms with Crippen LogP contribution in [0.15, 0.2) is 65.5 Å². The van der Waals surface area contributed by atoms with Crippen LogP contribution in [-0.4, -0.2) is 0 Å². The van der Waals surface area contributed by atoms with Gasteiger partial charge in [0.25, 0.3) is 0 Å². The third-order valence-corrected chi connectivity index (χ3v) is 3.34. The van der Waals surface area contributed by atoms with Gasteiger partial charge in [0, 0.05) is 10.8 Å². The van der Waals surface area contributed by atoms with E-state index in [0.29, 0.717) is 0 Å². The van der Waals surface area contributed by atoms with E-state index in [1.165, 1.54) is 21.5 Å². The average molecular weight is 218 g/mol. The molecule has 0 aliphatic carbocycles. The molecule has 0 spiro atoms. The lowest BCUT2D eigenvalue weighted by Crippen LogP contribution is -1.77. The van der Waals surface area contributed by atoms with Crippen molar-refractivity contribution in [1.29, 1.82) is 0 Å². The van der Waals surface area contributed by atoms with Crippen LogP contribution in [0.5, 0.6) is 0 Å². The van der Waals surface area contributed by atoms with Crippen LogP contribution in [0.2, 0.25) is 0 Å². The van der Waals surface area contributed by atoms with Crippen molar-refractivity contribution < 1.29 is 4.42 Å². The van der Waals surface area contributed by atoms with Crippen LogP contribution >= 0.6 is 0 Å². The van der Waals surface area contributed by atoms with E-state index in [0.717, 1.165) is 10.8 Å². The Balaban J connectivity index is 2.30. The minimum Gasteiger partial charge on any atom is -0.471 e. The summed E-state index contributed by atoms with van der Waals surface area (Å²) < 4.78 is 5.25. The molecule has 0 bridgehead atoms. The second-order valence-electron chi connectivity index (χ2n) is 4.36. The van der Waals surface area contributed by atoms with Gasteiger partial charge in [0.05, 0.1) is 12.5 Å². The molecule has 4 aromatic rings. The SMILES string of the molecule is c1ccc2c(c1)ccc1cc3cocc3cc12. The van der Waals surface area contributed by atoms with Gasteiger partial charge < -0.3 is 4.42 Å². The van der Waals surface area contributed by atoms with Crippen LogP contribution in [0.4, 0.5) is 0 Å². The Morgan fingerprint density at radius 3 is 2.29 bits per heavy atom. The summed E-state index contributed by atoms with van der Waals surface area (Å²) in [7, 11) is 0. The molecule has 0 saturated carbocycles. The van der Waals surface area contributed by atoms with E-state index in [4.69, 9.17) is 4.42 Å². The third-order valence-electron chi connectivity index (χ3n) is 3.34. The van der Waals surface area contributed by atoms with Crippen LogP contribution in [-0.2, 0) is 0 Å². The molecule has 17 heavy (non-hydrogen) atoms. The molecule has 0 fully saturated rings. The lowest BCUT2D eigenvalue weighted by atomic mass is 10.0. The number of hydrogen-bond donors (Lipinski definition) is 0. The first-order valence-electron chi connectivity index (χ1n) is 5.69. The molecular formula is C16H10O. The molecule has 0 radical (unpaired) electrons. The molecule has 0 atom stereocenters. The monoisotopic (exact) mass is 218 g/mol. The highest BCUT2D eigenvalue weighted by Crippen LogP contribution is 2.29. The molecule has 0 unspecified atom stereocenters. The lowest BCUT2D eigenvalue weighted by Gasteiger charge is -2.03. The molecule has 0 saturated heterocycles. The first-order chi connectivity index (χ1) is 8.42. The number of hydrogen-bond acceptors (Lipinski definition) is 1. The molecule has 1 heteroatoms. The quantitative estimate of drug-likeness (QED) is 0.388. The largest absolute Gasteiger partial charge is 0.471 e. The van der Waals surface area contributed by atoms with Crippen molar-refractivity contribution >= 4 is 32.3 Å². The van der Waals surface area contributed by atoms with Gasteiger partial charge in [-0.3, -0.25) is 0 Å². The van der Waals surface area contributed by atoms with Gasteiger partial charge in [0.2, 0.25) is 0 Å². The number of rotatable bonds is 0. The fourth-order valence-corrected chi connectivity index (χ4v) is 2.47. The maximum Gasteiger partial charge on any atom is 0.0981 e. The van der Waals surface area contributed by atoms with Crippen molar-refractivity contribution in [2.75, 3.05) is 0 Å². The average Bonchev–Trinajstić information content (AvgIpc) is 2.83. The molecule has 0 amide bonds. The van der Waals surface area contributed by atoms with E-state index >= 15 is 0 Å². The van der Waals surface area contributed by atoms with E-state index in [9.17, 15) is 0 Å². The van der Waals surface area contributed by atoms with Crippen molar-refractivity contribution in [2.24, 2.45) is 0 Å². The zero-order valence-electron chi connectivity index (χ0n) is 9.18. The summed E-state index contributed by atoms with van der Waals surface area (Å²) in [6.07, 6.45) is 3.60. The van der Waals surface area contributed by atoms with Crippen LogP contribution in [0, 0.1) is 0 Å². The predicted octanol–water partition coefficient (Wildman–Crippen LogP) is 4.74. The third kappa shape index (κ3) is 1.19. The summed E-state index contributed by atoms with van der Waals surface area (Å²) in [5.41, 5.74) is 0. The van der Waals surface area contributed by atoms with E-state index < -0.39 is 0 Å². The Bertz CT molecular complexity index is 840. The lowest BCUT2D eigenvalue weighted by molar-refractivity contribution is 0.572. The summed E-state index contributed by atoms with van der Waals surface area (Å²) in [6, 6.07) is 17.2. The zero-order valence-corrected chi connectivity index (χ0v) is 9.18. The van der Waals surface area contributed by atoms with E-state index in [1.807, 2.05) is 0 Å². The highest BCUT2D eigenvalue weighted by atomic mass is 16.3. The maximum absolute atomic E-state index is 5.25. The Hall–Kier alpha value is -2.28. The molecular weight excluding hydrogens is 208 g/mol. The van der Waals surface area contributed by atoms with Gasteiger partial charge in [-0.05, 0) is 33.7 Å². The minimum atomic E-state index is 1.16. The van der Waals surface area contributed by atoms with Crippen molar-refractivity contribution in [3.63, 3.8) is 0 Å². The first kappa shape index (κ1) is 8.82. The van der Waals surface area contributed by atoms with E-state index in [-0.39, 0.29) is 0 Å². The molecule has 0 aliphatic heterocycles. The molecule has 80 valence electrons. The fourth-order valence-electron chi connectivity index (χ4n) is 2.47. The second-order valence-corrected chi connectivity index (χ2v) is 4.36. The minimum absolute atomic E-state index is 1.16. The molecule has 3 aromatic carbocycles. The highest BCUT2D eigenvalue weighted by molar-refractivity contribution is 6.11. The molecule has 0 N–H and O–H groups in total. The topological polar surface area (TPSA) is 13.1 Å². The van der Waals surface area contributed by atoms with Crippen molar-refractivity contribution in [3.8, 4) is 0 Å². The summed E-state index contributed by atoms with van der Waals surface area (Å²) in [5, 5.41) is 7.45. The number of fused-ring (bicyclic) bond motifs is 4. The number of benzene rings is 3. The predicted molar refractivity (Wildman–Crippen MR) is 71.2 cm³/mol. The Kier molecular flexibility index (Phi) is 1.61. The van der Waals surface area contributed by atoms with Crippen LogP contribution in [0.1, 0.15) is 0 Å². The zero-order chi connectivity index (χ0) is 11.2. The van der Waals surface area contributed by atoms with Gasteiger partial charge >= 0.3 is 0 Å². The standard InChI is InChI=1S/C16H10O/c1-2-4-15-11(3-1)5-6-12-7-13-9-17-10-14(13)8-16(12)15/h1-10H. The molecule has 0 aliphatic rings. The second kappa shape index (κ2) is 3.11. The van der Waals surface area contributed by atoms with Gasteiger partial charge in [-0.25, -0.2) is 0 Å². The maximum atomic E-state index is 5.25. The molecule has 1 nitrogen and oxygen atoms in total. The summed E-state index contributed by atoms with van der Waals surface area (Å²) in [5.74, 6) is 0. The highest BCUT2D eigenvalue weighted by Gasteiger charge is 2.03. The van der Waals surface area contributed by atoms with Gasteiger partial charge in [0.15, 0.2) is 0 Å². The van der Waals surface area contributed by atoms with Crippen LogP contribution in [0.3, 0.4) is 0 Å². The smallest absolute Gasteiger partial charge is 0.0981 e. The van der Waals surface area contributed by atoms with E-state index in [2.05, 4.69) is 48.5 Å². The number of furan rings is 1. The molecule has 1 heterocycles. The van der Waals surface area contributed by atoms with Crippen molar-refractivity contribution in [1.82, 2.24) is 0 Å². The Morgan fingerprint density at radius 2 is 1.35 bits per heavy atom. The molecule has 4 rings (SSSR count). The van der Waals surface area contributed by atoms with Gasteiger partial charge in [-0.1, -0.05) is 36.4 Å². The first-order valence-corrected chi connectivity index (χ1v) is 5.69. The Labute approximate surface area is 98.3 Å². The van der Waals surface area contributed by atoms with Gasteiger partial charge in [-0.15, -0.1) is 0 Å². The Morgan fingerprint density at radius 1 is 0.588 bits per heavy atom. The van der Waals surface area contributed by atoms with Gasteiger partial charge in [-0.2, -0.15) is 0 Å². The molecule has 1 aromatic heterocycles. The summed E-state index contributed by atoms with van der Waals surface area (Å²) >= 11 is 0. The van der Waals surface area contributed by atoms with Crippen molar-refractivity contribution in [3.05, 3.63) is 61.1 Å². The normalized spacial score (nSPS) is 11.5. The van der Waals surface area contributed by atoms with Crippen LogP contribution < -0.4 is 0 Å². The van der Waals surface area contributed by atoms with Gasteiger partial charge in [0.1, 0.15) is 0 Å². The van der Waals surface area contributed by atoms with Crippen LogP contribution in [0.25, 0.3) is 32.3 Å². The van der Waals surface area contributed by atoms with E-state index in [1.54, 1.807) is 12.5 Å². The summed E-state index contributed by atoms with van der Waals surface area (Å²) in [6.45, 7) is 0.